The van der Waals surface area contributed by atoms with E-state index in [1.54, 1.807) is 6.07 Å². The summed E-state index contributed by atoms with van der Waals surface area (Å²) < 4.78 is 55.7. The van der Waals surface area contributed by atoms with Crippen molar-refractivity contribution in [1.82, 2.24) is 20.2 Å². The molecule has 1 unspecified atom stereocenters. The van der Waals surface area contributed by atoms with Crippen LogP contribution in [0.5, 0.6) is 0 Å². The minimum atomic E-state index is -4.89. The second-order valence-electron chi connectivity index (χ2n) is 7.88. The van der Waals surface area contributed by atoms with E-state index in [-0.39, 0.29) is 17.8 Å². The molecule has 3 N–H and O–H groups in total. The van der Waals surface area contributed by atoms with Gasteiger partial charge in [-0.05, 0) is 37.5 Å². The number of aliphatic hydroxyl groups is 1. The number of hydrogen-bond donors (Lipinski definition) is 3. The Balaban J connectivity index is 1.68. The molecule has 1 saturated carbocycles. The molecule has 2 aromatic rings. The van der Waals surface area contributed by atoms with Crippen molar-refractivity contribution in [3.05, 3.63) is 53.9 Å². The Bertz CT molecular complexity index is 922. The van der Waals surface area contributed by atoms with Gasteiger partial charge < -0.3 is 20.3 Å². The highest BCUT2D eigenvalue weighted by atomic mass is 19.4. The molecule has 1 aliphatic carbocycles. The summed E-state index contributed by atoms with van der Waals surface area (Å²) in [4.78, 5) is 8.20. The largest absolute Gasteiger partial charge is 0.424 e. The number of hydrogen-bond acceptors (Lipinski definition) is 3. The molecule has 31 heavy (non-hydrogen) atoms. The lowest BCUT2D eigenvalue weighted by Crippen LogP contribution is -2.48. The first kappa shape index (κ1) is 23.1. The lowest BCUT2D eigenvalue weighted by Gasteiger charge is -2.30. The number of guanidine groups is 1. The molecule has 3 rings (SSSR count). The van der Waals surface area contributed by atoms with Gasteiger partial charge in [0.1, 0.15) is 11.6 Å². The summed E-state index contributed by atoms with van der Waals surface area (Å²) >= 11 is 0. The highest BCUT2D eigenvalue weighted by Gasteiger charge is 2.57. The fraction of sp³-hybridized carbons (Fsp3) is 0.524. The van der Waals surface area contributed by atoms with Gasteiger partial charge in [-0.25, -0.2) is 9.37 Å². The van der Waals surface area contributed by atoms with Crippen molar-refractivity contribution in [1.29, 1.82) is 0 Å². The van der Waals surface area contributed by atoms with Crippen LogP contribution in [-0.2, 0) is 18.1 Å². The molecule has 170 valence electrons. The Morgan fingerprint density at radius 3 is 2.58 bits per heavy atom. The summed E-state index contributed by atoms with van der Waals surface area (Å²) in [5.41, 5.74) is -2.47. The van der Waals surface area contributed by atoms with Crippen LogP contribution in [0.25, 0.3) is 0 Å². The topological polar surface area (TPSA) is 74.5 Å². The van der Waals surface area contributed by atoms with E-state index >= 15 is 0 Å². The fourth-order valence-corrected chi connectivity index (χ4v) is 3.59. The molecular weight excluding hydrogens is 414 g/mol. The highest BCUT2D eigenvalue weighted by Crippen LogP contribution is 2.48. The van der Waals surface area contributed by atoms with Gasteiger partial charge in [-0.3, -0.25) is 4.99 Å². The van der Waals surface area contributed by atoms with Crippen molar-refractivity contribution in [2.24, 2.45) is 12.0 Å². The van der Waals surface area contributed by atoms with Crippen LogP contribution in [0.2, 0.25) is 0 Å². The summed E-state index contributed by atoms with van der Waals surface area (Å²) in [5, 5.41) is 16.3. The van der Waals surface area contributed by atoms with Crippen LogP contribution in [0.4, 0.5) is 17.6 Å². The number of nitrogens with one attached hydrogen (secondary N) is 2. The predicted molar refractivity (Wildman–Crippen MR) is 109 cm³/mol. The highest BCUT2D eigenvalue weighted by molar-refractivity contribution is 5.79. The van der Waals surface area contributed by atoms with Gasteiger partial charge in [-0.2, -0.15) is 13.2 Å². The molecular formula is C21H27F4N5O. The smallest absolute Gasteiger partial charge is 0.374 e. The van der Waals surface area contributed by atoms with Gasteiger partial charge in [0.2, 0.25) is 5.60 Å². The number of alkyl halides is 3. The van der Waals surface area contributed by atoms with Crippen LogP contribution in [-0.4, -0.2) is 46.4 Å². The van der Waals surface area contributed by atoms with Crippen LogP contribution in [0.3, 0.4) is 0 Å². The zero-order valence-electron chi connectivity index (χ0n) is 17.5. The maximum Gasteiger partial charge on any atom is 0.424 e. The maximum atomic E-state index is 13.6. The minimum Gasteiger partial charge on any atom is -0.374 e. The third-order valence-corrected chi connectivity index (χ3v) is 5.61. The van der Waals surface area contributed by atoms with E-state index in [1.165, 1.54) is 31.6 Å². The molecule has 0 spiro atoms. The van der Waals surface area contributed by atoms with Gasteiger partial charge in [-0.1, -0.05) is 12.1 Å². The fourth-order valence-electron chi connectivity index (χ4n) is 3.59. The SMILES string of the molecule is CCNC(=NCC1(c2cccc(F)c2)CC1)NCCC(O)(c1nccn1C)C(F)(F)F. The monoisotopic (exact) mass is 441 g/mol. The first-order valence-corrected chi connectivity index (χ1v) is 10.2. The summed E-state index contributed by atoms with van der Waals surface area (Å²) in [6.45, 7) is 2.56. The number of aromatic nitrogens is 2. The van der Waals surface area contributed by atoms with Crippen molar-refractivity contribution in [2.75, 3.05) is 19.6 Å². The molecule has 0 amide bonds. The van der Waals surface area contributed by atoms with Gasteiger partial charge in [0.15, 0.2) is 5.96 Å². The average molecular weight is 441 g/mol. The van der Waals surface area contributed by atoms with Crippen molar-refractivity contribution in [3.8, 4) is 0 Å². The molecule has 0 bridgehead atoms. The van der Waals surface area contributed by atoms with Crippen LogP contribution in [0, 0.1) is 5.82 Å². The second kappa shape index (κ2) is 8.86. The van der Waals surface area contributed by atoms with Crippen molar-refractivity contribution < 1.29 is 22.7 Å². The number of rotatable bonds is 8. The molecule has 0 saturated heterocycles. The van der Waals surface area contributed by atoms with Gasteiger partial charge in [0.05, 0.1) is 6.54 Å². The first-order valence-electron chi connectivity index (χ1n) is 10.2. The van der Waals surface area contributed by atoms with Gasteiger partial charge in [0.25, 0.3) is 0 Å². The zero-order chi connectivity index (χ0) is 22.7. The van der Waals surface area contributed by atoms with E-state index in [2.05, 4.69) is 20.6 Å². The standard InChI is InChI=1S/C21H27F4N5O/c1-3-26-18(29-14-19(7-8-19)15-5-4-6-16(22)13-15)28-10-9-20(31,21(23,24)25)17-27-11-12-30(17)2/h4-6,11-13,31H,3,7-10,14H2,1-2H3,(H2,26,28,29). The summed E-state index contributed by atoms with van der Waals surface area (Å²) in [5.74, 6) is -0.431. The minimum absolute atomic E-state index is 0.179. The normalized spacial score (nSPS) is 17.8. The van der Waals surface area contributed by atoms with E-state index in [0.717, 1.165) is 23.0 Å². The van der Waals surface area contributed by atoms with Gasteiger partial charge >= 0.3 is 6.18 Å². The number of halogens is 4. The third kappa shape index (κ3) is 5.00. The molecule has 1 aromatic carbocycles. The van der Waals surface area contributed by atoms with E-state index in [0.29, 0.717) is 19.0 Å². The number of aliphatic imine (C=N–C) groups is 1. The van der Waals surface area contributed by atoms with E-state index in [9.17, 15) is 22.7 Å². The molecule has 0 radical (unpaired) electrons. The first-order chi connectivity index (χ1) is 14.6. The molecule has 10 heteroatoms. The second-order valence-corrected chi connectivity index (χ2v) is 7.88. The maximum absolute atomic E-state index is 13.6. The van der Waals surface area contributed by atoms with Crippen LogP contribution in [0.15, 0.2) is 41.7 Å². The van der Waals surface area contributed by atoms with E-state index in [4.69, 9.17) is 0 Å². The number of aryl methyl sites for hydroxylation is 1. The number of imidazole rings is 1. The van der Waals surface area contributed by atoms with Crippen LogP contribution >= 0.6 is 0 Å². The Hall–Kier alpha value is -2.62. The summed E-state index contributed by atoms with van der Waals surface area (Å²) in [6, 6.07) is 6.41. The Morgan fingerprint density at radius 2 is 2.03 bits per heavy atom. The number of benzene rings is 1. The van der Waals surface area contributed by atoms with Crippen LogP contribution < -0.4 is 10.6 Å². The Kier molecular flexibility index (Phi) is 6.59. The van der Waals surface area contributed by atoms with Crippen molar-refractivity contribution in [2.45, 2.75) is 43.4 Å². The quantitative estimate of drug-likeness (QED) is 0.335. The van der Waals surface area contributed by atoms with Crippen LogP contribution in [0.1, 0.15) is 37.6 Å². The third-order valence-electron chi connectivity index (χ3n) is 5.61. The Morgan fingerprint density at radius 1 is 1.29 bits per heavy atom. The molecule has 0 aliphatic heterocycles. The van der Waals surface area contributed by atoms with E-state index < -0.39 is 24.0 Å². The molecule has 1 aliphatic rings. The number of nitrogens with zero attached hydrogens (tertiary/aromatic N) is 3. The average Bonchev–Trinajstić information content (AvgIpc) is 3.38. The molecule has 1 atom stereocenters. The lowest BCUT2D eigenvalue weighted by molar-refractivity contribution is -0.272. The summed E-state index contributed by atoms with van der Waals surface area (Å²) in [7, 11) is 1.40. The Labute approximate surface area is 178 Å². The molecule has 1 aromatic heterocycles. The molecule has 1 fully saturated rings. The lowest BCUT2D eigenvalue weighted by atomic mass is 9.96. The predicted octanol–water partition coefficient (Wildman–Crippen LogP) is 2.99. The van der Waals surface area contributed by atoms with Crippen molar-refractivity contribution >= 4 is 5.96 Å². The van der Waals surface area contributed by atoms with Gasteiger partial charge in [-0.15, -0.1) is 0 Å². The summed E-state index contributed by atoms with van der Waals surface area (Å²) in [6.07, 6.45) is -1.22. The molecule has 1 heterocycles. The van der Waals surface area contributed by atoms with Crippen molar-refractivity contribution in [3.63, 3.8) is 0 Å². The van der Waals surface area contributed by atoms with E-state index in [1.807, 2.05) is 13.0 Å². The zero-order valence-corrected chi connectivity index (χ0v) is 17.5. The molecule has 6 nitrogen and oxygen atoms in total. The van der Waals surface area contributed by atoms with Gasteiger partial charge in [0, 0.05) is 44.4 Å².